The van der Waals surface area contributed by atoms with Gasteiger partial charge in [0.1, 0.15) is 0 Å². The standard InChI is InChI=1S/C75H57N/c1-72(2)63-31-15-12-28-58(63)60-40-62-61-38-45(35-36-69(61)76(70(62)41-67(60)72)49-19-4-3-5-20-49)52-30-18-34-66-71(52)59-29-11-7-22-51(59)47-43-73(66)42-46-37-48-39-68-57-27-10-9-24-54(57)55-25-13-16-32-64(55)74(68,44-47)75(48,73)65-33-17-14-26-56(65)53-23-8-6-21-50(46)53/h3-36,38,40-41,46-48,68H,37,39,42-44H2,1-2H3. The van der Waals surface area contributed by atoms with Crippen LogP contribution in [0.25, 0.3) is 83.1 Å². The molecule has 0 saturated heterocycles. The highest BCUT2D eigenvalue weighted by atomic mass is 15.0. The van der Waals surface area contributed by atoms with Gasteiger partial charge in [0.25, 0.3) is 0 Å². The van der Waals surface area contributed by atoms with Gasteiger partial charge in [-0.25, -0.2) is 0 Å². The van der Waals surface area contributed by atoms with Crippen molar-refractivity contribution in [2.75, 3.05) is 0 Å². The third-order valence-corrected chi connectivity index (χ3v) is 21.6. The molecule has 7 unspecified atom stereocenters. The van der Waals surface area contributed by atoms with Crippen molar-refractivity contribution < 1.29 is 0 Å². The molecule has 1 heterocycles. The van der Waals surface area contributed by atoms with Gasteiger partial charge in [-0.05, 0) is 192 Å². The number of aromatic nitrogens is 1. The Labute approximate surface area is 445 Å². The molecule has 0 aliphatic heterocycles. The van der Waals surface area contributed by atoms with Crippen molar-refractivity contribution in [3.8, 4) is 61.3 Å². The van der Waals surface area contributed by atoms with E-state index in [1.807, 2.05) is 0 Å². The van der Waals surface area contributed by atoms with Gasteiger partial charge in [-0.15, -0.1) is 0 Å². The van der Waals surface area contributed by atoms with Crippen LogP contribution < -0.4 is 0 Å². The molecule has 76 heavy (non-hydrogen) atoms. The van der Waals surface area contributed by atoms with E-state index in [4.69, 9.17) is 0 Å². The van der Waals surface area contributed by atoms with Crippen molar-refractivity contribution in [1.82, 2.24) is 4.57 Å². The summed E-state index contributed by atoms with van der Waals surface area (Å²) >= 11 is 0. The normalized spacial score (nSPS) is 25.8. The van der Waals surface area contributed by atoms with Crippen molar-refractivity contribution in [2.45, 2.75) is 85.4 Å². The Bertz CT molecular complexity index is 4360. The van der Waals surface area contributed by atoms with Gasteiger partial charge in [0.2, 0.25) is 0 Å². The van der Waals surface area contributed by atoms with Crippen molar-refractivity contribution >= 4 is 21.8 Å². The fourth-order valence-electron chi connectivity index (χ4n) is 19.5. The average Bonchev–Trinajstić information content (AvgIpc) is 2.17. The summed E-state index contributed by atoms with van der Waals surface area (Å²) in [7, 11) is 0. The van der Waals surface area contributed by atoms with Crippen LogP contribution in [0.3, 0.4) is 0 Å². The van der Waals surface area contributed by atoms with E-state index >= 15 is 0 Å². The maximum atomic E-state index is 2.66. The summed E-state index contributed by atoms with van der Waals surface area (Å²) in [5, 5.41) is 2.62. The summed E-state index contributed by atoms with van der Waals surface area (Å²) < 4.78 is 2.53. The first-order valence-corrected chi connectivity index (χ1v) is 28.3. The van der Waals surface area contributed by atoms with Crippen LogP contribution in [0.2, 0.25) is 0 Å². The smallest absolute Gasteiger partial charge is 0.0544 e. The highest BCUT2D eigenvalue weighted by Gasteiger charge is 2.80. The van der Waals surface area contributed by atoms with Crippen molar-refractivity contribution in [1.29, 1.82) is 0 Å². The number of nitrogens with zero attached hydrogens (tertiary/aromatic N) is 1. The zero-order valence-corrected chi connectivity index (χ0v) is 43.2. The Hall–Kier alpha value is -8.00. The van der Waals surface area contributed by atoms with E-state index < -0.39 is 0 Å². The van der Waals surface area contributed by atoms with Gasteiger partial charge in [0.15, 0.2) is 0 Å². The van der Waals surface area contributed by atoms with Crippen LogP contribution in [-0.2, 0) is 21.7 Å². The Balaban J connectivity index is 0.963. The van der Waals surface area contributed by atoms with E-state index in [0.29, 0.717) is 23.7 Å². The first-order valence-electron chi connectivity index (χ1n) is 28.3. The molecule has 11 aromatic rings. The minimum absolute atomic E-state index is 0.103. The summed E-state index contributed by atoms with van der Waals surface area (Å²) in [4.78, 5) is 0. The molecule has 8 aliphatic carbocycles. The molecule has 8 aliphatic rings. The van der Waals surface area contributed by atoms with E-state index in [1.165, 1.54) is 107 Å². The van der Waals surface area contributed by atoms with E-state index in [9.17, 15) is 0 Å². The van der Waals surface area contributed by atoms with Gasteiger partial charge >= 0.3 is 0 Å². The topological polar surface area (TPSA) is 4.93 Å². The number of hydrogen-bond acceptors (Lipinski definition) is 0. The Morgan fingerprint density at radius 2 is 0.947 bits per heavy atom. The third kappa shape index (κ3) is 4.84. The second-order valence-electron chi connectivity index (χ2n) is 24.7. The average molecular weight is 972 g/mol. The molecule has 3 saturated carbocycles. The molecule has 1 heteroatoms. The molecule has 7 atom stereocenters. The first-order chi connectivity index (χ1) is 37.4. The fourth-order valence-corrected chi connectivity index (χ4v) is 19.5. The van der Waals surface area contributed by atoms with Gasteiger partial charge in [-0.1, -0.05) is 202 Å². The summed E-state index contributed by atoms with van der Waals surface area (Å²) in [6, 6.07) is 89.2. The molecule has 362 valence electrons. The maximum absolute atomic E-state index is 2.66. The van der Waals surface area contributed by atoms with Crippen LogP contribution in [0.15, 0.2) is 224 Å². The van der Waals surface area contributed by atoms with E-state index in [2.05, 4.69) is 243 Å². The van der Waals surface area contributed by atoms with Crippen LogP contribution in [0, 0.1) is 5.92 Å². The van der Waals surface area contributed by atoms with Gasteiger partial charge in [0.05, 0.1) is 11.0 Å². The largest absolute Gasteiger partial charge is 0.309 e. The molecule has 0 N–H and O–H groups in total. The number of fused-ring (bicyclic) bond motifs is 15. The molecule has 4 bridgehead atoms. The Morgan fingerprint density at radius 1 is 0.382 bits per heavy atom. The predicted molar refractivity (Wildman–Crippen MR) is 313 cm³/mol. The maximum Gasteiger partial charge on any atom is 0.0544 e. The number of benzene rings is 10. The molecule has 10 aromatic carbocycles. The quantitative estimate of drug-likeness (QED) is 0.163. The molecular formula is C75H57N. The summed E-state index contributed by atoms with van der Waals surface area (Å²) in [6.07, 6.45) is 5.85. The number of hydrogen-bond donors (Lipinski definition) is 0. The van der Waals surface area contributed by atoms with E-state index in [0.717, 1.165) is 19.3 Å². The zero-order chi connectivity index (χ0) is 49.9. The van der Waals surface area contributed by atoms with Crippen molar-refractivity contribution in [3.05, 3.63) is 269 Å². The zero-order valence-electron chi connectivity index (χ0n) is 43.2. The first kappa shape index (κ1) is 42.2. The number of rotatable bonds is 2. The second kappa shape index (κ2) is 14.5. The highest BCUT2D eigenvalue weighted by molar-refractivity contribution is 6.13. The third-order valence-electron chi connectivity index (χ3n) is 21.6. The van der Waals surface area contributed by atoms with Gasteiger partial charge in [0, 0.05) is 38.1 Å². The second-order valence-corrected chi connectivity index (χ2v) is 24.7. The van der Waals surface area contributed by atoms with Crippen molar-refractivity contribution in [3.63, 3.8) is 0 Å². The van der Waals surface area contributed by atoms with Crippen LogP contribution in [0.1, 0.15) is 108 Å². The summed E-state index contributed by atoms with van der Waals surface area (Å²) in [5.41, 5.74) is 29.5. The lowest BCUT2D eigenvalue weighted by molar-refractivity contribution is -0.0265. The molecule has 3 fully saturated rings. The summed E-state index contributed by atoms with van der Waals surface area (Å²) in [5.74, 6) is 1.66. The van der Waals surface area contributed by atoms with Crippen LogP contribution in [0.5, 0.6) is 0 Å². The predicted octanol–water partition coefficient (Wildman–Crippen LogP) is 18.8. The monoisotopic (exact) mass is 971 g/mol. The lowest BCUT2D eigenvalue weighted by Gasteiger charge is -2.70. The molecular weight excluding hydrogens is 915 g/mol. The Kier molecular flexibility index (Phi) is 8.05. The SMILES string of the molecule is CC1(C)c2ccccc2-c2cc3c4cc(-c5cccc6c5-c5ccccc5C5CC67CC6CC8CC9c%10ccccc%10-c%10ccccc%10C9(C5)C87c5ccccc5-c5ccccc56)ccc4n(-c4ccccc4)c3cc21. The molecule has 0 amide bonds. The lowest BCUT2D eigenvalue weighted by atomic mass is 9.32. The molecule has 19 rings (SSSR count). The molecule has 1 nitrogen and oxygen atoms in total. The summed E-state index contributed by atoms with van der Waals surface area (Å²) in [6.45, 7) is 4.82. The van der Waals surface area contributed by atoms with E-state index in [1.54, 1.807) is 33.4 Å². The van der Waals surface area contributed by atoms with Gasteiger partial charge in [-0.3, -0.25) is 0 Å². The van der Waals surface area contributed by atoms with Crippen LogP contribution >= 0.6 is 0 Å². The Morgan fingerprint density at radius 3 is 1.72 bits per heavy atom. The molecule has 1 aromatic heterocycles. The van der Waals surface area contributed by atoms with Crippen LogP contribution in [0.4, 0.5) is 0 Å². The number of para-hydroxylation sites is 1. The lowest BCUT2D eigenvalue weighted by Crippen LogP contribution is -2.69. The van der Waals surface area contributed by atoms with Gasteiger partial charge in [-0.2, -0.15) is 0 Å². The minimum atomic E-state index is -0.196. The van der Waals surface area contributed by atoms with Gasteiger partial charge < -0.3 is 4.57 Å². The van der Waals surface area contributed by atoms with Crippen LogP contribution in [-0.4, -0.2) is 4.57 Å². The molecule has 3 spiro atoms. The van der Waals surface area contributed by atoms with Crippen molar-refractivity contribution in [2.24, 2.45) is 5.92 Å². The fraction of sp³-hybridized carbons (Fsp3) is 0.200. The highest BCUT2D eigenvalue weighted by Crippen LogP contribution is 2.84. The molecule has 0 radical (unpaired) electrons. The van der Waals surface area contributed by atoms with E-state index in [-0.39, 0.29) is 21.7 Å². The minimum Gasteiger partial charge on any atom is -0.309 e.